The summed E-state index contributed by atoms with van der Waals surface area (Å²) in [7, 11) is 0. The van der Waals surface area contributed by atoms with E-state index < -0.39 is 0 Å². The number of benzene rings is 1. The minimum Gasteiger partial charge on any atom is -0.320 e. The molecule has 2 aromatic heterocycles. The van der Waals surface area contributed by atoms with E-state index in [9.17, 15) is 9.18 Å². The van der Waals surface area contributed by atoms with E-state index in [0.29, 0.717) is 23.0 Å². The van der Waals surface area contributed by atoms with Gasteiger partial charge in [-0.05, 0) is 44.2 Å². The topological polar surface area (TPSA) is 59.8 Å². The van der Waals surface area contributed by atoms with Gasteiger partial charge in [-0.3, -0.25) is 14.3 Å². The molecule has 1 aliphatic heterocycles. The molecular weight excluding hydrogens is 339 g/mol. The van der Waals surface area contributed by atoms with E-state index >= 15 is 0 Å². The van der Waals surface area contributed by atoms with Crippen molar-refractivity contribution >= 4 is 23.4 Å². The molecule has 0 fully saturated rings. The molecular formula is C18H15FN4OS. The van der Waals surface area contributed by atoms with Crippen LogP contribution in [-0.2, 0) is 5.75 Å². The molecule has 0 radical (unpaired) electrons. The number of pyridine rings is 1. The Morgan fingerprint density at radius 2 is 2.12 bits per heavy atom. The summed E-state index contributed by atoms with van der Waals surface area (Å²) in [5.41, 5.74) is 3.59. The van der Waals surface area contributed by atoms with Crippen molar-refractivity contribution < 1.29 is 9.18 Å². The van der Waals surface area contributed by atoms with Crippen LogP contribution >= 0.6 is 11.8 Å². The standard InChI is InChI=1S/C18H15FN4OS/c1-10-7-13(5-6-20-10)22-18(24)17-15-9-25-16-8-12(19)3-4-14(16)23(15)11(2)21-17/h3-8H,9H2,1-2H3,(H,20,22,24). The predicted molar refractivity (Wildman–Crippen MR) is 94.7 cm³/mol. The second-order valence-electron chi connectivity index (χ2n) is 5.83. The van der Waals surface area contributed by atoms with Crippen LogP contribution in [0.5, 0.6) is 0 Å². The lowest BCUT2D eigenvalue weighted by molar-refractivity contribution is 0.102. The first-order chi connectivity index (χ1) is 12.0. The summed E-state index contributed by atoms with van der Waals surface area (Å²) < 4.78 is 15.4. The Bertz CT molecular complexity index is 999. The van der Waals surface area contributed by atoms with E-state index in [0.717, 1.165) is 22.0 Å². The lowest BCUT2D eigenvalue weighted by Crippen LogP contribution is -2.16. The number of rotatable bonds is 2. The molecule has 0 bridgehead atoms. The van der Waals surface area contributed by atoms with Crippen LogP contribution in [0, 0.1) is 19.7 Å². The molecule has 25 heavy (non-hydrogen) atoms. The fourth-order valence-electron chi connectivity index (χ4n) is 2.96. The molecule has 1 aromatic carbocycles. The zero-order chi connectivity index (χ0) is 17.6. The first-order valence-electron chi connectivity index (χ1n) is 7.78. The van der Waals surface area contributed by atoms with Crippen molar-refractivity contribution in [1.82, 2.24) is 14.5 Å². The second-order valence-corrected chi connectivity index (χ2v) is 6.85. The Kier molecular flexibility index (Phi) is 3.80. The maximum Gasteiger partial charge on any atom is 0.276 e. The van der Waals surface area contributed by atoms with Crippen LogP contribution in [0.15, 0.2) is 41.4 Å². The van der Waals surface area contributed by atoms with Crippen molar-refractivity contribution in [2.45, 2.75) is 24.5 Å². The van der Waals surface area contributed by atoms with Crippen LogP contribution in [0.4, 0.5) is 10.1 Å². The monoisotopic (exact) mass is 354 g/mol. The predicted octanol–water partition coefficient (Wildman–Crippen LogP) is 3.88. The van der Waals surface area contributed by atoms with Crippen LogP contribution in [0.1, 0.15) is 27.7 Å². The summed E-state index contributed by atoms with van der Waals surface area (Å²) in [5.74, 6) is 0.751. The minimum absolute atomic E-state index is 0.256. The van der Waals surface area contributed by atoms with Crippen molar-refractivity contribution in [2.75, 3.05) is 5.32 Å². The molecule has 4 rings (SSSR count). The van der Waals surface area contributed by atoms with Gasteiger partial charge in [0.15, 0.2) is 5.69 Å². The number of imidazole rings is 1. The number of nitrogens with one attached hydrogen (secondary N) is 1. The summed E-state index contributed by atoms with van der Waals surface area (Å²) in [6, 6.07) is 8.21. The van der Waals surface area contributed by atoms with E-state index in [1.165, 1.54) is 23.9 Å². The van der Waals surface area contributed by atoms with E-state index in [1.54, 1.807) is 24.4 Å². The third kappa shape index (κ3) is 2.80. The summed E-state index contributed by atoms with van der Waals surface area (Å²) in [6.07, 6.45) is 1.65. The van der Waals surface area contributed by atoms with Crippen molar-refractivity contribution in [3.05, 3.63) is 65.3 Å². The van der Waals surface area contributed by atoms with Crippen molar-refractivity contribution in [3.63, 3.8) is 0 Å². The smallest absolute Gasteiger partial charge is 0.276 e. The highest BCUT2D eigenvalue weighted by Crippen LogP contribution is 2.37. The van der Waals surface area contributed by atoms with Crippen molar-refractivity contribution in [1.29, 1.82) is 0 Å². The number of carbonyl (C=O) groups is 1. The third-order valence-corrected chi connectivity index (χ3v) is 5.09. The van der Waals surface area contributed by atoms with Crippen LogP contribution in [0.2, 0.25) is 0 Å². The SMILES string of the molecule is Cc1cc(NC(=O)c2nc(C)n3c2CSc2cc(F)ccc2-3)ccn1. The first-order valence-corrected chi connectivity index (χ1v) is 8.76. The van der Waals surface area contributed by atoms with Crippen LogP contribution in [0.25, 0.3) is 5.69 Å². The van der Waals surface area contributed by atoms with E-state index in [-0.39, 0.29) is 11.7 Å². The van der Waals surface area contributed by atoms with Crippen molar-refractivity contribution in [2.24, 2.45) is 0 Å². The number of hydrogen-bond acceptors (Lipinski definition) is 4. The van der Waals surface area contributed by atoms with E-state index in [2.05, 4.69) is 15.3 Å². The zero-order valence-corrected chi connectivity index (χ0v) is 14.5. The van der Waals surface area contributed by atoms with Gasteiger partial charge >= 0.3 is 0 Å². The van der Waals surface area contributed by atoms with Crippen LogP contribution in [-0.4, -0.2) is 20.4 Å². The quantitative estimate of drug-likeness (QED) is 0.759. The normalized spacial score (nSPS) is 12.4. The van der Waals surface area contributed by atoms with E-state index in [4.69, 9.17) is 0 Å². The number of thioether (sulfide) groups is 1. The van der Waals surface area contributed by atoms with Crippen LogP contribution < -0.4 is 5.32 Å². The molecule has 0 spiro atoms. The Labute approximate surface area is 148 Å². The van der Waals surface area contributed by atoms with Crippen LogP contribution in [0.3, 0.4) is 0 Å². The van der Waals surface area contributed by atoms with Gasteiger partial charge in [0.1, 0.15) is 11.6 Å². The number of amides is 1. The second kappa shape index (κ2) is 6.00. The minimum atomic E-state index is -0.265. The lowest BCUT2D eigenvalue weighted by Gasteiger charge is -2.20. The summed E-state index contributed by atoms with van der Waals surface area (Å²) in [4.78, 5) is 22.1. The largest absolute Gasteiger partial charge is 0.320 e. The maximum absolute atomic E-state index is 13.5. The van der Waals surface area contributed by atoms with Gasteiger partial charge in [-0.1, -0.05) is 0 Å². The molecule has 1 aliphatic rings. The number of nitrogens with zero attached hydrogens (tertiary/aromatic N) is 3. The van der Waals surface area contributed by atoms with Gasteiger partial charge in [-0.25, -0.2) is 9.37 Å². The fourth-order valence-corrected chi connectivity index (χ4v) is 4.02. The molecule has 0 unspecified atom stereocenters. The van der Waals surface area contributed by atoms with Gasteiger partial charge < -0.3 is 5.32 Å². The molecule has 3 aromatic rings. The summed E-state index contributed by atoms with van der Waals surface area (Å²) in [6.45, 7) is 3.71. The number of hydrogen-bond donors (Lipinski definition) is 1. The number of aryl methyl sites for hydroxylation is 2. The molecule has 0 atom stereocenters. The molecule has 7 heteroatoms. The molecule has 5 nitrogen and oxygen atoms in total. The third-order valence-electron chi connectivity index (χ3n) is 4.04. The Morgan fingerprint density at radius 3 is 2.92 bits per heavy atom. The van der Waals surface area contributed by atoms with Gasteiger partial charge in [-0.15, -0.1) is 11.8 Å². The highest BCUT2D eigenvalue weighted by molar-refractivity contribution is 7.98. The lowest BCUT2D eigenvalue weighted by atomic mass is 10.2. The molecule has 1 N–H and O–H groups in total. The zero-order valence-electron chi connectivity index (χ0n) is 13.7. The molecule has 1 amide bonds. The summed E-state index contributed by atoms with van der Waals surface area (Å²) >= 11 is 1.51. The molecule has 126 valence electrons. The average molecular weight is 354 g/mol. The Morgan fingerprint density at radius 1 is 1.28 bits per heavy atom. The maximum atomic E-state index is 13.5. The van der Waals surface area contributed by atoms with Gasteiger partial charge in [0.2, 0.25) is 0 Å². The van der Waals surface area contributed by atoms with Gasteiger partial charge in [0.25, 0.3) is 5.91 Å². The molecule has 0 saturated heterocycles. The number of anilines is 1. The van der Waals surface area contributed by atoms with Gasteiger partial charge in [0, 0.05) is 28.2 Å². The molecule has 0 aliphatic carbocycles. The Balaban J connectivity index is 1.73. The molecule has 3 heterocycles. The number of halogens is 1. The van der Waals surface area contributed by atoms with Crippen molar-refractivity contribution in [3.8, 4) is 5.69 Å². The number of carbonyl (C=O) groups excluding carboxylic acids is 1. The fraction of sp³-hybridized carbons (Fsp3) is 0.167. The first kappa shape index (κ1) is 15.8. The van der Waals surface area contributed by atoms with Gasteiger partial charge in [0.05, 0.1) is 11.4 Å². The van der Waals surface area contributed by atoms with Gasteiger partial charge in [-0.2, -0.15) is 0 Å². The highest BCUT2D eigenvalue weighted by Gasteiger charge is 2.26. The molecule has 0 saturated carbocycles. The highest BCUT2D eigenvalue weighted by atomic mass is 32.2. The Hall–Kier alpha value is -2.67. The van der Waals surface area contributed by atoms with E-state index in [1.807, 2.05) is 18.4 Å². The number of aromatic nitrogens is 3. The number of fused-ring (bicyclic) bond motifs is 3. The average Bonchev–Trinajstić information content (AvgIpc) is 2.92. The summed E-state index contributed by atoms with van der Waals surface area (Å²) in [5, 5.41) is 2.87.